The van der Waals surface area contributed by atoms with Crippen molar-refractivity contribution >= 4 is 33.8 Å². The van der Waals surface area contributed by atoms with Gasteiger partial charge in [-0.15, -0.1) is 11.3 Å². The largest absolute Gasteiger partial charge is 0.337 e. The van der Waals surface area contributed by atoms with Crippen molar-refractivity contribution in [2.75, 3.05) is 0 Å². The maximum Gasteiger partial charge on any atom is 0.128 e. The molecule has 5 heteroatoms. The van der Waals surface area contributed by atoms with Crippen LogP contribution in [0.15, 0.2) is 36.0 Å². The first-order valence-corrected chi connectivity index (χ1v) is 6.25. The molecule has 0 aliphatic carbocycles. The van der Waals surface area contributed by atoms with Gasteiger partial charge in [0.25, 0.3) is 0 Å². The van der Waals surface area contributed by atoms with E-state index in [4.69, 9.17) is 12.2 Å². The molecule has 0 spiro atoms. The van der Waals surface area contributed by atoms with Gasteiger partial charge < -0.3 is 4.98 Å². The van der Waals surface area contributed by atoms with Gasteiger partial charge in [0, 0.05) is 10.9 Å². The van der Waals surface area contributed by atoms with E-state index in [0.717, 1.165) is 21.3 Å². The van der Waals surface area contributed by atoms with Crippen LogP contribution in [0.1, 0.15) is 0 Å². The number of benzene rings is 1. The van der Waals surface area contributed by atoms with E-state index in [2.05, 4.69) is 9.97 Å². The Bertz CT molecular complexity index is 728. The van der Waals surface area contributed by atoms with E-state index in [1.807, 2.05) is 5.38 Å². The van der Waals surface area contributed by atoms with Crippen molar-refractivity contribution in [2.45, 2.75) is 0 Å². The number of aromatic nitrogens is 2. The number of aromatic amines is 1. The summed E-state index contributed by atoms with van der Waals surface area (Å²) >= 11 is 6.79. The second-order valence-electron chi connectivity index (χ2n) is 3.57. The van der Waals surface area contributed by atoms with Crippen LogP contribution in [-0.4, -0.2) is 9.97 Å². The Balaban J connectivity index is 2.31. The van der Waals surface area contributed by atoms with Gasteiger partial charge in [-0.05, 0) is 17.7 Å². The molecule has 0 saturated heterocycles. The standard InChI is InChI=1S/C12H7FN2S2/c13-8-3-1-7(2-4-8)9-5-17-12-10(9)11(16)14-6-15-12/h1-6H,(H,14,15,16). The SMILES string of the molecule is Fc1ccc(-c2csc3nc[nH]c(=S)c23)cc1. The molecule has 0 radical (unpaired) electrons. The highest BCUT2D eigenvalue weighted by atomic mass is 32.1. The van der Waals surface area contributed by atoms with Crippen molar-refractivity contribution in [3.8, 4) is 11.1 Å². The number of thiophene rings is 1. The minimum atomic E-state index is -0.239. The maximum absolute atomic E-state index is 12.9. The third kappa shape index (κ3) is 1.77. The average Bonchev–Trinajstić information content (AvgIpc) is 2.75. The summed E-state index contributed by atoms with van der Waals surface area (Å²) in [6.45, 7) is 0. The van der Waals surface area contributed by atoms with Crippen LogP contribution in [0.3, 0.4) is 0 Å². The molecule has 0 saturated carbocycles. The number of hydrogen-bond acceptors (Lipinski definition) is 3. The highest BCUT2D eigenvalue weighted by Crippen LogP contribution is 2.32. The van der Waals surface area contributed by atoms with Crippen LogP contribution in [0, 0.1) is 10.5 Å². The fourth-order valence-corrected chi connectivity index (χ4v) is 2.98. The molecule has 2 nitrogen and oxygen atoms in total. The molecule has 0 unspecified atom stereocenters. The lowest BCUT2D eigenvalue weighted by molar-refractivity contribution is 0.628. The Morgan fingerprint density at radius 2 is 2.00 bits per heavy atom. The molecule has 2 heterocycles. The summed E-state index contributed by atoms with van der Waals surface area (Å²) in [5.74, 6) is -0.239. The minimum Gasteiger partial charge on any atom is -0.337 e. The van der Waals surface area contributed by atoms with Crippen LogP contribution >= 0.6 is 23.6 Å². The van der Waals surface area contributed by atoms with E-state index in [-0.39, 0.29) is 5.82 Å². The van der Waals surface area contributed by atoms with Gasteiger partial charge in [-0.2, -0.15) is 0 Å². The van der Waals surface area contributed by atoms with Crippen LogP contribution in [-0.2, 0) is 0 Å². The van der Waals surface area contributed by atoms with Gasteiger partial charge in [-0.3, -0.25) is 0 Å². The summed E-state index contributed by atoms with van der Waals surface area (Å²) in [5, 5.41) is 2.92. The van der Waals surface area contributed by atoms with E-state index in [1.165, 1.54) is 23.5 Å². The van der Waals surface area contributed by atoms with Crippen molar-refractivity contribution in [1.82, 2.24) is 9.97 Å². The molecule has 17 heavy (non-hydrogen) atoms. The normalized spacial score (nSPS) is 10.9. The summed E-state index contributed by atoms with van der Waals surface area (Å²) in [4.78, 5) is 8.04. The van der Waals surface area contributed by atoms with E-state index in [1.54, 1.807) is 18.5 Å². The summed E-state index contributed by atoms with van der Waals surface area (Å²) in [6.07, 6.45) is 1.59. The highest BCUT2D eigenvalue weighted by molar-refractivity contribution is 7.71. The summed E-state index contributed by atoms with van der Waals surface area (Å²) in [6, 6.07) is 6.39. The lowest BCUT2D eigenvalue weighted by Crippen LogP contribution is -1.81. The summed E-state index contributed by atoms with van der Waals surface area (Å²) in [5.41, 5.74) is 1.95. The molecule has 84 valence electrons. The number of nitrogens with zero attached hydrogens (tertiary/aromatic N) is 1. The second-order valence-corrected chi connectivity index (χ2v) is 4.83. The molecule has 3 aromatic rings. The molecule has 0 bridgehead atoms. The first-order chi connectivity index (χ1) is 8.25. The number of H-pyrrole nitrogens is 1. The third-order valence-electron chi connectivity index (χ3n) is 2.53. The Morgan fingerprint density at radius 1 is 1.24 bits per heavy atom. The molecule has 0 atom stereocenters. The monoisotopic (exact) mass is 262 g/mol. The average molecular weight is 262 g/mol. The van der Waals surface area contributed by atoms with Gasteiger partial charge in [-0.25, -0.2) is 9.37 Å². The molecular weight excluding hydrogens is 255 g/mol. The second kappa shape index (κ2) is 4.01. The molecular formula is C12H7FN2S2. The van der Waals surface area contributed by atoms with E-state index in [9.17, 15) is 4.39 Å². The maximum atomic E-state index is 12.9. The van der Waals surface area contributed by atoms with E-state index < -0.39 is 0 Å². The zero-order chi connectivity index (χ0) is 11.8. The van der Waals surface area contributed by atoms with Crippen LogP contribution in [0.4, 0.5) is 4.39 Å². The summed E-state index contributed by atoms with van der Waals surface area (Å²) in [7, 11) is 0. The van der Waals surface area contributed by atoms with Crippen LogP contribution in [0.25, 0.3) is 21.3 Å². The summed E-state index contributed by atoms with van der Waals surface area (Å²) < 4.78 is 13.5. The Kier molecular flexibility index (Phi) is 2.49. The van der Waals surface area contributed by atoms with Crippen LogP contribution in [0.5, 0.6) is 0 Å². The number of halogens is 1. The van der Waals surface area contributed by atoms with Crippen molar-refractivity contribution in [3.05, 3.63) is 46.4 Å². The zero-order valence-electron chi connectivity index (χ0n) is 8.61. The topological polar surface area (TPSA) is 28.7 Å². The van der Waals surface area contributed by atoms with E-state index >= 15 is 0 Å². The van der Waals surface area contributed by atoms with Crippen LogP contribution < -0.4 is 0 Å². The number of rotatable bonds is 1. The minimum absolute atomic E-state index is 0.239. The van der Waals surface area contributed by atoms with Crippen molar-refractivity contribution in [3.63, 3.8) is 0 Å². The molecule has 0 amide bonds. The fraction of sp³-hybridized carbons (Fsp3) is 0. The lowest BCUT2D eigenvalue weighted by atomic mass is 10.1. The molecule has 3 rings (SSSR count). The van der Waals surface area contributed by atoms with Crippen molar-refractivity contribution < 1.29 is 4.39 Å². The first-order valence-electron chi connectivity index (χ1n) is 4.96. The molecule has 0 aliphatic heterocycles. The van der Waals surface area contributed by atoms with Crippen molar-refractivity contribution in [1.29, 1.82) is 0 Å². The quantitative estimate of drug-likeness (QED) is 0.667. The van der Waals surface area contributed by atoms with Gasteiger partial charge in [0.1, 0.15) is 15.3 Å². The Labute approximate surface area is 106 Å². The Hall–Kier alpha value is -1.59. The first kappa shape index (κ1) is 10.6. The third-order valence-corrected chi connectivity index (χ3v) is 3.74. The van der Waals surface area contributed by atoms with Crippen molar-refractivity contribution in [2.24, 2.45) is 0 Å². The molecule has 1 aromatic carbocycles. The van der Waals surface area contributed by atoms with Gasteiger partial charge in [0.15, 0.2) is 0 Å². The lowest BCUT2D eigenvalue weighted by Gasteiger charge is -1.99. The Morgan fingerprint density at radius 3 is 2.76 bits per heavy atom. The highest BCUT2D eigenvalue weighted by Gasteiger charge is 2.08. The predicted octanol–water partition coefficient (Wildman–Crippen LogP) is 4.16. The molecule has 0 fully saturated rings. The van der Waals surface area contributed by atoms with Gasteiger partial charge in [0.2, 0.25) is 0 Å². The van der Waals surface area contributed by atoms with Gasteiger partial charge in [-0.1, -0.05) is 24.4 Å². The molecule has 1 N–H and O–H groups in total. The predicted molar refractivity (Wildman–Crippen MR) is 70.2 cm³/mol. The van der Waals surface area contributed by atoms with Crippen LogP contribution in [0.2, 0.25) is 0 Å². The van der Waals surface area contributed by atoms with E-state index in [0.29, 0.717) is 4.64 Å². The fourth-order valence-electron chi connectivity index (χ4n) is 1.73. The smallest absolute Gasteiger partial charge is 0.128 e. The molecule has 0 aliphatic rings. The molecule has 2 aromatic heterocycles. The van der Waals surface area contributed by atoms with Gasteiger partial charge >= 0.3 is 0 Å². The zero-order valence-corrected chi connectivity index (χ0v) is 10.2. The van der Waals surface area contributed by atoms with Gasteiger partial charge in [0.05, 0.1) is 11.7 Å². The number of hydrogen-bond donors (Lipinski definition) is 1. The number of fused-ring (bicyclic) bond motifs is 1. The number of nitrogens with one attached hydrogen (secondary N) is 1.